The first-order chi connectivity index (χ1) is 5.29. The average Bonchev–Trinajstić information content (AvgIpc) is 2.45. The molecule has 58 valence electrons. The molecule has 0 aromatic heterocycles. The number of fused-ring (bicyclic) bond motifs is 1. The number of carbonyl (C=O) groups excluding carboxylic acids is 2. The number of hydrogen-bond donors (Lipinski definition) is 1. The molecule has 2 heterocycles. The maximum absolute atomic E-state index is 11.1. The van der Waals surface area contributed by atoms with Crippen LogP contribution in [-0.4, -0.2) is 35.8 Å². The highest BCUT2D eigenvalue weighted by atomic mass is 16.2. The van der Waals surface area contributed by atoms with E-state index in [4.69, 9.17) is 0 Å². The number of piperazine rings is 1. The Morgan fingerprint density at radius 1 is 1.55 bits per heavy atom. The van der Waals surface area contributed by atoms with Gasteiger partial charge in [-0.25, -0.2) is 0 Å². The smallest absolute Gasteiger partial charge is 0.312 e. The number of amides is 2. The van der Waals surface area contributed by atoms with Crippen LogP contribution in [0.2, 0.25) is 0 Å². The summed E-state index contributed by atoms with van der Waals surface area (Å²) in [6, 6.07) is 0.0974. The summed E-state index contributed by atoms with van der Waals surface area (Å²) in [7, 11) is 0. The number of nitrogens with one attached hydrogen (secondary N) is 1. The van der Waals surface area contributed by atoms with E-state index in [9.17, 15) is 9.59 Å². The first-order valence-corrected chi connectivity index (χ1v) is 3.54. The first-order valence-electron chi connectivity index (χ1n) is 3.54. The molecule has 0 spiro atoms. The normalized spacial score (nSPS) is 28.7. The van der Waals surface area contributed by atoms with Gasteiger partial charge in [-0.2, -0.15) is 0 Å². The highest BCUT2D eigenvalue weighted by Gasteiger charge is 2.33. The maximum Gasteiger partial charge on any atom is 0.312 e. The maximum atomic E-state index is 11.1. The third-order valence-electron chi connectivity index (χ3n) is 1.99. The van der Waals surface area contributed by atoms with Crippen molar-refractivity contribution in [2.24, 2.45) is 0 Å². The fourth-order valence-electron chi connectivity index (χ4n) is 1.39. The monoisotopic (exact) mass is 152 g/mol. The van der Waals surface area contributed by atoms with Crippen molar-refractivity contribution < 1.29 is 9.59 Å². The van der Waals surface area contributed by atoms with Gasteiger partial charge in [-0.1, -0.05) is 12.2 Å². The van der Waals surface area contributed by atoms with Gasteiger partial charge in [-0.05, 0) is 0 Å². The summed E-state index contributed by atoms with van der Waals surface area (Å²) in [5, 5.41) is 2.52. The van der Waals surface area contributed by atoms with Gasteiger partial charge in [-0.15, -0.1) is 0 Å². The van der Waals surface area contributed by atoms with Crippen LogP contribution in [0.4, 0.5) is 0 Å². The number of rotatable bonds is 0. The van der Waals surface area contributed by atoms with Gasteiger partial charge in [0.1, 0.15) is 0 Å². The Morgan fingerprint density at radius 2 is 2.36 bits per heavy atom. The van der Waals surface area contributed by atoms with Crippen molar-refractivity contribution >= 4 is 11.8 Å². The lowest BCUT2D eigenvalue weighted by atomic mass is 10.2. The van der Waals surface area contributed by atoms with Crippen LogP contribution in [0.15, 0.2) is 12.2 Å². The zero-order valence-corrected chi connectivity index (χ0v) is 5.91. The molecule has 1 N–H and O–H groups in total. The van der Waals surface area contributed by atoms with Crippen molar-refractivity contribution in [3.05, 3.63) is 12.2 Å². The minimum atomic E-state index is -0.482. The second-order valence-corrected chi connectivity index (χ2v) is 2.66. The summed E-state index contributed by atoms with van der Waals surface area (Å²) < 4.78 is 0. The third-order valence-corrected chi connectivity index (χ3v) is 1.99. The van der Waals surface area contributed by atoms with Crippen LogP contribution in [0, 0.1) is 0 Å². The molecule has 0 radical (unpaired) electrons. The molecule has 1 saturated heterocycles. The summed E-state index contributed by atoms with van der Waals surface area (Å²) >= 11 is 0. The summed E-state index contributed by atoms with van der Waals surface area (Å²) in [6.45, 7) is 1.14. The highest BCUT2D eigenvalue weighted by molar-refractivity contribution is 6.35. The summed E-state index contributed by atoms with van der Waals surface area (Å²) in [5.74, 6) is -0.892. The van der Waals surface area contributed by atoms with E-state index in [1.807, 2.05) is 12.2 Å². The molecule has 0 aromatic carbocycles. The zero-order chi connectivity index (χ0) is 7.84. The Kier molecular flexibility index (Phi) is 1.21. The molecule has 0 bridgehead atoms. The highest BCUT2D eigenvalue weighted by Crippen LogP contribution is 2.11. The molecule has 2 rings (SSSR count). The Balaban J connectivity index is 2.22. The third kappa shape index (κ3) is 0.824. The lowest BCUT2D eigenvalue weighted by Gasteiger charge is -2.28. The predicted octanol–water partition coefficient (Wildman–Crippen LogP) is -1.12. The van der Waals surface area contributed by atoms with Crippen LogP contribution in [0.5, 0.6) is 0 Å². The van der Waals surface area contributed by atoms with E-state index in [0.717, 1.165) is 0 Å². The molecule has 1 fully saturated rings. The lowest BCUT2D eigenvalue weighted by molar-refractivity contribution is -0.148. The van der Waals surface area contributed by atoms with Crippen LogP contribution >= 0.6 is 0 Å². The number of hydrogen-bond acceptors (Lipinski definition) is 2. The minimum Gasteiger partial charge on any atom is -0.345 e. The Bertz CT molecular complexity index is 247. The van der Waals surface area contributed by atoms with E-state index in [0.29, 0.717) is 13.1 Å². The van der Waals surface area contributed by atoms with E-state index in [-0.39, 0.29) is 6.04 Å². The van der Waals surface area contributed by atoms with Crippen LogP contribution in [-0.2, 0) is 9.59 Å². The molecule has 11 heavy (non-hydrogen) atoms. The quantitative estimate of drug-likeness (QED) is 0.353. The molecule has 2 aliphatic rings. The fraction of sp³-hybridized carbons (Fsp3) is 0.429. The molecule has 0 aliphatic carbocycles. The second kappa shape index (κ2) is 2.08. The van der Waals surface area contributed by atoms with E-state index in [1.165, 1.54) is 0 Å². The fourth-order valence-corrected chi connectivity index (χ4v) is 1.39. The predicted molar refractivity (Wildman–Crippen MR) is 37.7 cm³/mol. The molecule has 2 amide bonds. The van der Waals surface area contributed by atoms with Crippen molar-refractivity contribution in [1.29, 1.82) is 0 Å². The largest absolute Gasteiger partial charge is 0.345 e. The van der Waals surface area contributed by atoms with Crippen LogP contribution in [0.25, 0.3) is 0 Å². The number of nitrogens with zero attached hydrogens (tertiary/aromatic N) is 1. The van der Waals surface area contributed by atoms with E-state index in [2.05, 4.69) is 5.32 Å². The Labute approximate surface area is 63.9 Å². The topological polar surface area (TPSA) is 49.4 Å². The average molecular weight is 152 g/mol. The Hall–Kier alpha value is -1.32. The zero-order valence-electron chi connectivity index (χ0n) is 5.91. The first kappa shape index (κ1) is 6.39. The molecule has 4 heteroatoms. The molecule has 0 aromatic rings. The molecule has 4 nitrogen and oxygen atoms in total. The lowest BCUT2D eigenvalue weighted by Crippen LogP contribution is -2.55. The van der Waals surface area contributed by atoms with Gasteiger partial charge in [0.25, 0.3) is 0 Å². The molecule has 1 unspecified atom stereocenters. The molecule has 0 saturated carbocycles. The molecule has 1 atom stereocenters. The molecule has 2 aliphatic heterocycles. The molecular weight excluding hydrogens is 144 g/mol. The van der Waals surface area contributed by atoms with Crippen LogP contribution in [0.1, 0.15) is 0 Å². The SMILES string of the molecule is O=C1NCC2C=CCN2C1=O. The minimum absolute atomic E-state index is 0.0974. The van der Waals surface area contributed by atoms with E-state index >= 15 is 0 Å². The van der Waals surface area contributed by atoms with Crippen molar-refractivity contribution in [2.45, 2.75) is 6.04 Å². The van der Waals surface area contributed by atoms with E-state index < -0.39 is 11.8 Å². The van der Waals surface area contributed by atoms with Gasteiger partial charge in [0, 0.05) is 13.1 Å². The van der Waals surface area contributed by atoms with Gasteiger partial charge in [0.05, 0.1) is 6.04 Å². The Morgan fingerprint density at radius 3 is 3.18 bits per heavy atom. The van der Waals surface area contributed by atoms with Gasteiger partial charge in [-0.3, -0.25) is 9.59 Å². The van der Waals surface area contributed by atoms with Crippen LogP contribution in [0.3, 0.4) is 0 Å². The van der Waals surface area contributed by atoms with Gasteiger partial charge >= 0.3 is 11.8 Å². The van der Waals surface area contributed by atoms with Gasteiger partial charge in [0.15, 0.2) is 0 Å². The van der Waals surface area contributed by atoms with Crippen molar-refractivity contribution in [3.63, 3.8) is 0 Å². The summed E-state index contributed by atoms with van der Waals surface area (Å²) in [4.78, 5) is 23.5. The summed E-state index contributed by atoms with van der Waals surface area (Å²) in [6.07, 6.45) is 3.85. The van der Waals surface area contributed by atoms with Crippen molar-refractivity contribution in [1.82, 2.24) is 10.2 Å². The summed E-state index contributed by atoms with van der Waals surface area (Å²) in [5.41, 5.74) is 0. The standard InChI is InChI=1S/C7H8N2O2/c10-6-7(11)9-3-1-2-5(9)4-8-6/h1-2,5H,3-4H2,(H,8,10). The van der Waals surface area contributed by atoms with Crippen LogP contribution < -0.4 is 5.32 Å². The van der Waals surface area contributed by atoms with Crippen molar-refractivity contribution in [2.75, 3.05) is 13.1 Å². The van der Waals surface area contributed by atoms with E-state index in [1.54, 1.807) is 4.90 Å². The van der Waals surface area contributed by atoms with Gasteiger partial charge in [0.2, 0.25) is 0 Å². The number of carbonyl (C=O) groups is 2. The second-order valence-electron chi connectivity index (χ2n) is 2.66. The van der Waals surface area contributed by atoms with Crippen molar-refractivity contribution in [3.8, 4) is 0 Å². The van der Waals surface area contributed by atoms with Gasteiger partial charge < -0.3 is 10.2 Å². The molecular formula is C7H8N2O2.